The summed E-state index contributed by atoms with van der Waals surface area (Å²) in [4.78, 5) is 14.4. The Kier molecular flexibility index (Phi) is 8.48. The summed E-state index contributed by atoms with van der Waals surface area (Å²) in [7, 11) is 0. The Bertz CT molecular complexity index is 570. The smallest absolute Gasteiger partial charge is 0.261 e. The van der Waals surface area contributed by atoms with E-state index in [1.807, 2.05) is 6.07 Å². The standard InChI is InChI=1S/C18H25N3O2/c1-3-9-21(10-4-2)11-8-20-18(23)16(14-19)12-15-6-5-7-17(22)13-15/h5-7,12-13,22H,3-4,8-11H2,1-2H3,(H,20,23)/b16-12+. The number of phenols is 1. The van der Waals surface area contributed by atoms with Gasteiger partial charge in [0, 0.05) is 13.1 Å². The van der Waals surface area contributed by atoms with Crippen LogP contribution >= 0.6 is 0 Å². The van der Waals surface area contributed by atoms with Crippen molar-refractivity contribution in [2.24, 2.45) is 0 Å². The van der Waals surface area contributed by atoms with Gasteiger partial charge in [-0.25, -0.2) is 0 Å². The monoisotopic (exact) mass is 315 g/mol. The zero-order chi connectivity index (χ0) is 17.1. The van der Waals surface area contributed by atoms with Gasteiger partial charge < -0.3 is 15.3 Å². The molecule has 23 heavy (non-hydrogen) atoms. The maximum Gasteiger partial charge on any atom is 0.261 e. The summed E-state index contributed by atoms with van der Waals surface area (Å²) in [5.41, 5.74) is 0.656. The second kappa shape index (κ2) is 10.4. The highest BCUT2D eigenvalue weighted by atomic mass is 16.3. The molecule has 0 aliphatic heterocycles. The lowest BCUT2D eigenvalue weighted by Crippen LogP contribution is -2.36. The minimum atomic E-state index is -0.385. The van der Waals surface area contributed by atoms with Crippen LogP contribution in [0.15, 0.2) is 29.8 Å². The highest BCUT2D eigenvalue weighted by molar-refractivity contribution is 6.01. The second-order valence-corrected chi connectivity index (χ2v) is 5.36. The number of hydrogen-bond acceptors (Lipinski definition) is 4. The summed E-state index contributed by atoms with van der Waals surface area (Å²) in [6, 6.07) is 8.36. The van der Waals surface area contributed by atoms with Crippen LogP contribution in [-0.4, -0.2) is 42.1 Å². The number of hydrogen-bond donors (Lipinski definition) is 2. The molecule has 0 heterocycles. The summed E-state index contributed by atoms with van der Waals surface area (Å²) >= 11 is 0. The average Bonchev–Trinajstić information content (AvgIpc) is 2.53. The zero-order valence-corrected chi connectivity index (χ0v) is 13.9. The lowest BCUT2D eigenvalue weighted by atomic mass is 10.1. The van der Waals surface area contributed by atoms with Crippen molar-refractivity contribution in [3.63, 3.8) is 0 Å². The van der Waals surface area contributed by atoms with Gasteiger partial charge in [0.15, 0.2) is 0 Å². The third-order valence-electron chi connectivity index (χ3n) is 3.34. The molecule has 0 aromatic heterocycles. The number of carbonyl (C=O) groups excluding carboxylic acids is 1. The van der Waals surface area contributed by atoms with Gasteiger partial charge >= 0.3 is 0 Å². The number of nitriles is 1. The molecule has 1 rings (SSSR count). The van der Waals surface area contributed by atoms with Crippen LogP contribution in [0.3, 0.4) is 0 Å². The van der Waals surface area contributed by atoms with Gasteiger partial charge in [-0.15, -0.1) is 0 Å². The lowest BCUT2D eigenvalue weighted by Gasteiger charge is -2.20. The van der Waals surface area contributed by atoms with E-state index in [9.17, 15) is 9.90 Å². The number of nitrogens with zero attached hydrogens (tertiary/aromatic N) is 2. The van der Waals surface area contributed by atoms with E-state index < -0.39 is 0 Å². The number of carbonyl (C=O) groups is 1. The quantitative estimate of drug-likeness (QED) is 0.542. The van der Waals surface area contributed by atoms with Crippen LogP contribution in [0.25, 0.3) is 6.08 Å². The predicted molar refractivity (Wildman–Crippen MR) is 91.7 cm³/mol. The summed E-state index contributed by atoms with van der Waals surface area (Å²) in [5, 5.41) is 21.4. The Morgan fingerprint density at radius 3 is 2.57 bits per heavy atom. The molecule has 1 aromatic rings. The molecular weight excluding hydrogens is 290 g/mol. The molecule has 0 saturated carbocycles. The highest BCUT2D eigenvalue weighted by Gasteiger charge is 2.09. The number of phenolic OH excluding ortho intramolecular Hbond substituents is 1. The van der Waals surface area contributed by atoms with Crippen LogP contribution in [0.4, 0.5) is 0 Å². The van der Waals surface area contributed by atoms with Crippen molar-refractivity contribution >= 4 is 12.0 Å². The van der Waals surface area contributed by atoms with Crippen LogP contribution in [0, 0.1) is 11.3 Å². The molecule has 0 spiro atoms. The third-order valence-corrected chi connectivity index (χ3v) is 3.34. The van der Waals surface area contributed by atoms with E-state index in [-0.39, 0.29) is 17.2 Å². The number of amides is 1. The Morgan fingerprint density at radius 2 is 2.00 bits per heavy atom. The summed E-state index contributed by atoms with van der Waals surface area (Å²) in [6.45, 7) is 7.57. The van der Waals surface area contributed by atoms with E-state index in [1.54, 1.807) is 18.2 Å². The molecule has 1 aromatic carbocycles. The summed E-state index contributed by atoms with van der Waals surface area (Å²) in [6.07, 6.45) is 3.63. The van der Waals surface area contributed by atoms with Gasteiger partial charge in [0.1, 0.15) is 17.4 Å². The van der Waals surface area contributed by atoms with Gasteiger partial charge in [-0.05, 0) is 49.7 Å². The first-order chi connectivity index (χ1) is 11.1. The number of benzene rings is 1. The maximum atomic E-state index is 12.1. The van der Waals surface area contributed by atoms with Crippen molar-refractivity contribution in [2.75, 3.05) is 26.2 Å². The highest BCUT2D eigenvalue weighted by Crippen LogP contribution is 2.14. The molecule has 2 N–H and O–H groups in total. The molecule has 5 nitrogen and oxygen atoms in total. The predicted octanol–water partition coefficient (Wildman–Crippen LogP) is 2.54. The van der Waals surface area contributed by atoms with Crippen molar-refractivity contribution in [2.45, 2.75) is 26.7 Å². The molecular formula is C18H25N3O2. The largest absolute Gasteiger partial charge is 0.508 e. The third kappa shape index (κ3) is 6.98. The first kappa shape index (κ1) is 18.7. The first-order valence-corrected chi connectivity index (χ1v) is 8.02. The van der Waals surface area contributed by atoms with E-state index in [1.165, 1.54) is 12.1 Å². The molecule has 124 valence electrons. The molecule has 0 fully saturated rings. The SMILES string of the molecule is CCCN(CCC)CCNC(=O)/C(C#N)=C/c1cccc(O)c1. The average molecular weight is 315 g/mol. The van der Waals surface area contributed by atoms with Crippen molar-refractivity contribution in [1.29, 1.82) is 5.26 Å². The van der Waals surface area contributed by atoms with E-state index in [4.69, 9.17) is 5.26 Å². The van der Waals surface area contributed by atoms with Crippen molar-refractivity contribution < 1.29 is 9.90 Å². The molecule has 0 atom stereocenters. The van der Waals surface area contributed by atoms with Gasteiger partial charge in [-0.3, -0.25) is 4.79 Å². The Labute approximate surface area is 138 Å². The van der Waals surface area contributed by atoms with E-state index >= 15 is 0 Å². The van der Waals surface area contributed by atoms with Crippen molar-refractivity contribution in [3.05, 3.63) is 35.4 Å². The Morgan fingerprint density at radius 1 is 1.30 bits per heavy atom. The lowest BCUT2D eigenvalue weighted by molar-refractivity contribution is -0.117. The van der Waals surface area contributed by atoms with Crippen LogP contribution in [-0.2, 0) is 4.79 Å². The molecule has 0 bridgehead atoms. The fraction of sp³-hybridized carbons (Fsp3) is 0.444. The maximum absolute atomic E-state index is 12.1. The molecule has 0 aliphatic carbocycles. The number of rotatable bonds is 9. The first-order valence-electron chi connectivity index (χ1n) is 8.02. The normalized spacial score (nSPS) is 11.3. The van der Waals surface area contributed by atoms with Gasteiger partial charge in [-0.2, -0.15) is 5.26 Å². The van der Waals surface area contributed by atoms with E-state index in [0.717, 1.165) is 32.5 Å². The molecule has 1 amide bonds. The Balaban J connectivity index is 2.59. The molecule has 0 saturated heterocycles. The molecule has 0 radical (unpaired) electrons. The summed E-state index contributed by atoms with van der Waals surface area (Å²) in [5.74, 6) is -0.282. The van der Waals surface area contributed by atoms with Gasteiger partial charge in [0.25, 0.3) is 5.91 Å². The number of nitrogens with one attached hydrogen (secondary N) is 1. The fourth-order valence-electron chi connectivity index (χ4n) is 2.32. The van der Waals surface area contributed by atoms with Crippen LogP contribution in [0.2, 0.25) is 0 Å². The fourth-order valence-corrected chi connectivity index (χ4v) is 2.32. The number of aromatic hydroxyl groups is 1. The molecule has 0 unspecified atom stereocenters. The Hall–Kier alpha value is -2.32. The van der Waals surface area contributed by atoms with Gasteiger partial charge in [0.05, 0.1) is 0 Å². The van der Waals surface area contributed by atoms with Crippen LogP contribution in [0.5, 0.6) is 5.75 Å². The minimum Gasteiger partial charge on any atom is -0.508 e. The molecule has 0 aliphatic rings. The van der Waals surface area contributed by atoms with E-state index in [0.29, 0.717) is 12.1 Å². The summed E-state index contributed by atoms with van der Waals surface area (Å²) < 4.78 is 0. The van der Waals surface area contributed by atoms with Crippen molar-refractivity contribution in [3.8, 4) is 11.8 Å². The van der Waals surface area contributed by atoms with Crippen LogP contribution in [0.1, 0.15) is 32.3 Å². The van der Waals surface area contributed by atoms with Gasteiger partial charge in [-0.1, -0.05) is 26.0 Å². The van der Waals surface area contributed by atoms with Gasteiger partial charge in [0.2, 0.25) is 0 Å². The second-order valence-electron chi connectivity index (χ2n) is 5.36. The minimum absolute atomic E-state index is 0.0353. The topological polar surface area (TPSA) is 76.4 Å². The van der Waals surface area contributed by atoms with Crippen LogP contribution < -0.4 is 5.32 Å². The molecule has 5 heteroatoms. The zero-order valence-electron chi connectivity index (χ0n) is 13.9. The van der Waals surface area contributed by atoms with E-state index in [2.05, 4.69) is 24.1 Å². The van der Waals surface area contributed by atoms with Crippen molar-refractivity contribution in [1.82, 2.24) is 10.2 Å².